The molecule has 1 aliphatic rings. The van der Waals surface area contributed by atoms with Crippen molar-refractivity contribution in [3.05, 3.63) is 41.2 Å². The minimum Gasteiger partial charge on any atom is -0.510 e. The largest absolute Gasteiger partial charge is 0.510 e. The zero-order valence-corrected chi connectivity index (χ0v) is 8.90. The van der Waals surface area contributed by atoms with Crippen LogP contribution in [0.3, 0.4) is 0 Å². The molecule has 0 saturated carbocycles. The molecule has 0 aromatic heterocycles. The third kappa shape index (κ3) is 1.58. The molecule has 2 rings (SSSR count). The van der Waals surface area contributed by atoms with E-state index >= 15 is 0 Å². The number of nitrogens with one attached hydrogen (secondary N) is 1. The third-order valence-corrected chi connectivity index (χ3v) is 2.58. The fourth-order valence-corrected chi connectivity index (χ4v) is 1.65. The van der Waals surface area contributed by atoms with Crippen molar-refractivity contribution in [2.45, 2.75) is 6.92 Å². The maximum Gasteiger partial charge on any atom is 0.263 e. The fourth-order valence-electron chi connectivity index (χ4n) is 1.65. The highest BCUT2D eigenvalue weighted by molar-refractivity contribution is 6.21. The quantitative estimate of drug-likeness (QED) is 0.740. The smallest absolute Gasteiger partial charge is 0.263 e. The molecule has 0 unspecified atom stereocenters. The van der Waals surface area contributed by atoms with E-state index in [1.165, 1.54) is 4.90 Å². The van der Waals surface area contributed by atoms with Gasteiger partial charge in [0.05, 0.1) is 12.1 Å². The Hall–Kier alpha value is -2.10. The Kier molecular flexibility index (Phi) is 2.48. The van der Waals surface area contributed by atoms with E-state index in [2.05, 4.69) is 0 Å². The minimum absolute atomic E-state index is 0.0411. The first-order valence-corrected chi connectivity index (χ1v) is 4.94. The van der Waals surface area contributed by atoms with Gasteiger partial charge >= 0.3 is 0 Å². The van der Waals surface area contributed by atoms with Crippen LogP contribution in [0.4, 0.5) is 5.69 Å². The second kappa shape index (κ2) is 3.81. The van der Waals surface area contributed by atoms with Gasteiger partial charge in [-0.15, -0.1) is 0 Å². The van der Waals surface area contributed by atoms with E-state index in [0.717, 1.165) is 17.5 Å². The van der Waals surface area contributed by atoms with E-state index in [9.17, 15) is 9.90 Å². The first kappa shape index (κ1) is 10.4. The van der Waals surface area contributed by atoms with Gasteiger partial charge in [-0.2, -0.15) is 0 Å². The number of hydrogen-bond donors (Lipinski definition) is 2. The molecular weight excluding hydrogens is 204 g/mol. The molecule has 0 fully saturated rings. The number of benzene rings is 1. The molecule has 0 radical (unpaired) electrons. The third-order valence-electron chi connectivity index (χ3n) is 2.58. The maximum atomic E-state index is 11.8. The van der Waals surface area contributed by atoms with Crippen molar-refractivity contribution in [3.8, 4) is 0 Å². The highest BCUT2D eigenvalue weighted by Crippen LogP contribution is 2.23. The van der Waals surface area contributed by atoms with Crippen molar-refractivity contribution in [1.82, 2.24) is 0 Å². The Balaban J connectivity index is 2.30. The van der Waals surface area contributed by atoms with Gasteiger partial charge < -0.3 is 15.4 Å². The summed E-state index contributed by atoms with van der Waals surface area (Å²) in [6, 6.07) is 7.46. The molecule has 1 heterocycles. The second-order valence-corrected chi connectivity index (χ2v) is 3.73. The molecule has 4 heteroatoms. The zero-order chi connectivity index (χ0) is 11.7. The normalized spacial score (nSPS) is 15.8. The lowest BCUT2D eigenvalue weighted by Crippen LogP contribution is -2.26. The van der Waals surface area contributed by atoms with Gasteiger partial charge in [0, 0.05) is 11.9 Å². The zero-order valence-electron chi connectivity index (χ0n) is 8.90. The molecule has 82 valence electrons. The van der Waals surface area contributed by atoms with E-state index in [1.54, 1.807) is 0 Å². The number of carbonyl (C=O) groups excluding carboxylic acids is 1. The van der Waals surface area contributed by atoms with E-state index in [1.807, 2.05) is 31.2 Å². The Morgan fingerprint density at radius 1 is 1.38 bits per heavy atom. The predicted molar refractivity (Wildman–Crippen MR) is 62.0 cm³/mol. The number of rotatable bonds is 2. The Labute approximate surface area is 93.3 Å². The van der Waals surface area contributed by atoms with Crippen molar-refractivity contribution in [1.29, 1.82) is 5.41 Å². The van der Waals surface area contributed by atoms with Gasteiger partial charge in [-0.3, -0.25) is 4.79 Å². The van der Waals surface area contributed by atoms with Crippen LogP contribution in [0, 0.1) is 12.3 Å². The molecule has 0 aliphatic carbocycles. The van der Waals surface area contributed by atoms with Gasteiger partial charge in [-0.1, -0.05) is 17.7 Å². The standard InChI is InChI=1S/C12H12N2O2/c1-8-2-4-9(5-3-8)14-7-11(15)10(6-13)12(14)16/h2-6,13,15H,7H2,1H3. The lowest BCUT2D eigenvalue weighted by Gasteiger charge is -2.15. The highest BCUT2D eigenvalue weighted by Gasteiger charge is 2.29. The van der Waals surface area contributed by atoms with Gasteiger partial charge in [-0.05, 0) is 19.1 Å². The van der Waals surface area contributed by atoms with Gasteiger partial charge in [0.1, 0.15) is 5.76 Å². The molecule has 0 spiro atoms. The Bertz CT molecular complexity index is 474. The summed E-state index contributed by atoms with van der Waals surface area (Å²) in [5, 5.41) is 16.6. The molecule has 16 heavy (non-hydrogen) atoms. The van der Waals surface area contributed by atoms with Crippen LogP contribution < -0.4 is 4.90 Å². The van der Waals surface area contributed by atoms with E-state index in [4.69, 9.17) is 5.41 Å². The van der Waals surface area contributed by atoms with Crippen molar-refractivity contribution < 1.29 is 9.90 Å². The summed E-state index contributed by atoms with van der Waals surface area (Å²) >= 11 is 0. The SMILES string of the molecule is Cc1ccc(N2CC(O)=C(C=N)C2=O)cc1. The molecule has 2 N–H and O–H groups in total. The molecule has 0 atom stereocenters. The number of nitrogens with zero attached hydrogens (tertiary/aromatic N) is 1. The lowest BCUT2D eigenvalue weighted by atomic mass is 10.2. The second-order valence-electron chi connectivity index (χ2n) is 3.73. The molecule has 1 aliphatic heterocycles. The van der Waals surface area contributed by atoms with Crippen LogP contribution in [-0.2, 0) is 4.79 Å². The minimum atomic E-state index is -0.323. The first-order valence-electron chi connectivity index (χ1n) is 4.94. The molecule has 0 saturated heterocycles. The number of amides is 1. The summed E-state index contributed by atoms with van der Waals surface area (Å²) in [7, 11) is 0. The number of anilines is 1. The molecular formula is C12H12N2O2. The summed E-state index contributed by atoms with van der Waals surface area (Å²) < 4.78 is 0. The van der Waals surface area contributed by atoms with Gasteiger partial charge in [0.15, 0.2) is 0 Å². The average molecular weight is 216 g/mol. The summed E-state index contributed by atoms with van der Waals surface area (Å²) in [6.45, 7) is 2.11. The summed E-state index contributed by atoms with van der Waals surface area (Å²) in [5.41, 5.74) is 1.92. The fraction of sp³-hybridized carbons (Fsp3) is 0.167. The van der Waals surface area contributed by atoms with Crippen LogP contribution in [0.15, 0.2) is 35.6 Å². The summed E-state index contributed by atoms with van der Waals surface area (Å²) in [4.78, 5) is 13.2. The monoisotopic (exact) mass is 216 g/mol. The summed E-state index contributed by atoms with van der Waals surface area (Å²) in [5.74, 6) is -0.364. The number of carbonyl (C=O) groups is 1. The number of aliphatic hydroxyl groups is 1. The number of hydrogen-bond acceptors (Lipinski definition) is 3. The first-order chi connectivity index (χ1) is 7.63. The van der Waals surface area contributed by atoms with Gasteiger partial charge in [-0.25, -0.2) is 0 Å². The topological polar surface area (TPSA) is 64.4 Å². The maximum absolute atomic E-state index is 11.8. The van der Waals surface area contributed by atoms with Crippen LogP contribution in [0.25, 0.3) is 0 Å². The summed E-state index contributed by atoms with van der Waals surface area (Å²) in [6.07, 6.45) is 0.895. The van der Waals surface area contributed by atoms with E-state index in [0.29, 0.717) is 0 Å². The van der Waals surface area contributed by atoms with Crippen LogP contribution in [0.5, 0.6) is 0 Å². The Morgan fingerprint density at radius 2 is 2.00 bits per heavy atom. The number of aliphatic hydroxyl groups excluding tert-OH is 1. The lowest BCUT2D eigenvalue weighted by molar-refractivity contribution is -0.114. The molecule has 4 nitrogen and oxygen atoms in total. The van der Waals surface area contributed by atoms with Crippen molar-refractivity contribution in [2.24, 2.45) is 0 Å². The van der Waals surface area contributed by atoms with Gasteiger partial charge in [0.2, 0.25) is 0 Å². The average Bonchev–Trinajstić information content (AvgIpc) is 2.55. The molecule has 0 bridgehead atoms. The van der Waals surface area contributed by atoms with E-state index < -0.39 is 0 Å². The van der Waals surface area contributed by atoms with Crippen molar-refractivity contribution >= 4 is 17.8 Å². The van der Waals surface area contributed by atoms with Crippen molar-refractivity contribution in [2.75, 3.05) is 11.4 Å². The Morgan fingerprint density at radius 3 is 2.50 bits per heavy atom. The van der Waals surface area contributed by atoms with Crippen LogP contribution in [0.1, 0.15) is 5.56 Å². The van der Waals surface area contributed by atoms with Gasteiger partial charge in [0.25, 0.3) is 5.91 Å². The molecule has 1 aromatic rings. The van der Waals surface area contributed by atoms with Crippen LogP contribution in [-0.4, -0.2) is 23.8 Å². The van der Waals surface area contributed by atoms with Crippen LogP contribution >= 0.6 is 0 Å². The van der Waals surface area contributed by atoms with Crippen LogP contribution in [0.2, 0.25) is 0 Å². The molecule has 1 aromatic carbocycles. The van der Waals surface area contributed by atoms with E-state index in [-0.39, 0.29) is 23.8 Å². The highest BCUT2D eigenvalue weighted by atomic mass is 16.3. The van der Waals surface area contributed by atoms with Crippen molar-refractivity contribution in [3.63, 3.8) is 0 Å². The number of aryl methyl sites for hydroxylation is 1. The molecule has 1 amide bonds. The predicted octanol–water partition coefficient (Wildman–Crippen LogP) is 1.80.